The van der Waals surface area contributed by atoms with Crippen LogP contribution in [0.2, 0.25) is 0 Å². The Bertz CT molecular complexity index is 1550. The molecule has 4 N–H and O–H groups in total. The highest BCUT2D eigenvalue weighted by Gasteiger charge is 2.44. The van der Waals surface area contributed by atoms with Crippen LogP contribution in [0.1, 0.15) is 28.5 Å². The number of benzene rings is 3. The second kappa shape index (κ2) is 12.3. The zero-order chi connectivity index (χ0) is 29.9. The van der Waals surface area contributed by atoms with Gasteiger partial charge in [-0.25, -0.2) is 4.79 Å². The van der Waals surface area contributed by atoms with Gasteiger partial charge < -0.3 is 34.3 Å². The SMILES string of the molecule is COc1ccc(C(OCc2cn([C@@H]3O[C@H](CO)[C@@H](O)[C@H]3O)c(=O)[nH]c2=O)(c2ccccc2)c2ccc(OC)cc2)cc1. The van der Waals surface area contributed by atoms with Crippen LogP contribution in [0.4, 0.5) is 0 Å². The van der Waals surface area contributed by atoms with Crippen molar-refractivity contribution >= 4 is 0 Å². The van der Waals surface area contributed by atoms with Crippen molar-refractivity contribution in [1.29, 1.82) is 0 Å². The van der Waals surface area contributed by atoms with Crippen molar-refractivity contribution in [2.45, 2.75) is 36.7 Å². The van der Waals surface area contributed by atoms with E-state index in [2.05, 4.69) is 4.98 Å². The Labute approximate surface area is 241 Å². The molecule has 0 bridgehead atoms. The number of nitrogens with zero attached hydrogens (tertiary/aromatic N) is 1. The average molecular weight is 577 g/mol. The van der Waals surface area contributed by atoms with Crippen molar-refractivity contribution < 1.29 is 34.3 Å². The minimum absolute atomic E-state index is 0.0645. The summed E-state index contributed by atoms with van der Waals surface area (Å²) in [6.07, 6.45) is -4.13. The van der Waals surface area contributed by atoms with Gasteiger partial charge in [0.2, 0.25) is 0 Å². The molecule has 4 atom stereocenters. The van der Waals surface area contributed by atoms with Gasteiger partial charge in [-0.05, 0) is 41.0 Å². The Balaban J connectivity index is 1.62. The number of aliphatic hydroxyl groups is 3. The van der Waals surface area contributed by atoms with E-state index in [9.17, 15) is 24.9 Å². The molecular formula is C31H32N2O9. The van der Waals surface area contributed by atoms with Crippen molar-refractivity contribution in [1.82, 2.24) is 9.55 Å². The fraction of sp³-hybridized carbons (Fsp3) is 0.290. The summed E-state index contributed by atoms with van der Waals surface area (Å²) in [4.78, 5) is 28.0. The molecule has 220 valence electrons. The van der Waals surface area contributed by atoms with Gasteiger partial charge in [0.15, 0.2) is 6.23 Å². The zero-order valence-electron chi connectivity index (χ0n) is 23.0. The highest BCUT2D eigenvalue weighted by atomic mass is 16.6. The Kier molecular flexibility index (Phi) is 8.57. The van der Waals surface area contributed by atoms with Gasteiger partial charge in [-0.2, -0.15) is 0 Å². The molecule has 0 radical (unpaired) electrons. The van der Waals surface area contributed by atoms with Gasteiger partial charge in [0.1, 0.15) is 35.4 Å². The van der Waals surface area contributed by atoms with Crippen LogP contribution < -0.4 is 20.7 Å². The van der Waals surface area contributed by atoms with E-state index >= 15 is 0 Å². The van der Waals surface area contributed by atoms with Crippen LogP contribution in [-0.2, 0) is 21.7 Å². The lowest BCUT2D eigenvalue weighted by atomic mass is 9.80. The molecule has 0 spiro atoms. The molecule has 11 heteroatoms. The molecule has 5 rings (SSSR count). The van der Waals surface area contributed by atoms with Crippen LogP contribution in [0.3, 0.4) is 0 Å². The summed E-state index contributed by atoms with van der Waals surface area (Å²) in [6.45, 7) is -0.830. The number of methoxy groups -OCH3 is 2. The van der Waals surface area contributed by atoms with Gasteiger partial charge in [0.05, 0.1) is 33.0 Å². The maximum Gasteiger partial charge on any atom is 0.330 e. The van der Waals surface area contributed by atoms with E-state index in [0.717, 1.165) is 21.3 Å². The average Bonchev–Trinajstić information content (AvgIpc) is 3.32. The maximum atomic E-state index is 13.0. The van der Waals surface area contributed by atoms with E-state index in [4.69, 9.17) is 18.9 Å². The summed E-state index contributed by atoms with van der Waals surface area (Å²) in [7, 11) is 3.15. The van der Waals surface area contributed by atoms with Gasteiger partial charge in [0, 0.05) is 6.20 Å². The number of ether oxygens (including phenoxy) is 4. The minimum atomic E-state index is -1.51. The highest BCUT2D eigenvalue weighted by Crippen LogP contribution is 2.42. The molecule has 0 unspecified atom stereocenters. The van der Waals surface area contributed by atoms with E-state index in [1.807, 2.05) is 78.9 Å². The Morgan fingerprint density at radius 3 is 1.88 bits per heavy atom. The summed E-state index contributed by atoms with van der Waals surface area (Å²) in [5, 5.41) is 30.2. The predicted molar refractivity (Wildman–Crippen MR) is 151 cm³/mol. The number of H-pyrrole nitrogens is 1. The predicted octanol–water partition coefficient (Wildman–Crippen LogP) is 1.67. The van der Waals surface area contributed by atoms with Crippen LogP contribution in [0, 0.1) is 0 Å². The smallest absolute Gasteiger partial charge is 0.330 e. The fourth-order valence-corrected chi connectivity index (χ4v) is 5.19. The van der Waals surface area contributed by atoms with Gasteiger partial charge in [-0.3, -0.25) is 14.3 Å². The standard InChI is InChI=1S/C31H32N2O9/c1-39-23-12-8-21(9-13-23)31(20-6-4-3-5-7-20,22-10-14-24(40-2)15-11-22)41-18-19-16-33(30(38)32-28(19)37)29-27(36)26(35)25(17-34)42-29/h3-16,25-27,29,34-36H,17-18H2,1-2H3,(H,32,37,38)/t25-,26-,27-,29-/m1/s1. The molecule has 1 aliphatic rings. The van der Waals surface area contributed by atoms with E-state index < -0.39 is 48.0 Å². The first-order chi connectivity index (χ1) is 20.3. The Hall–Kier alpha value is -4.26. The number of hydrogen-bond acceptors (Lipinski definition) is 9. The van der Waals surface area contributed by atoms with Gasteiger partial charge in [-0.15, -0.1) is 0 Å². The van der Waals surface area contributed by atoms with Crippen LogP contribution in [0.5, 0.6) is 11.5 Å². The Morgan fingerprint density at radius 1 is 0.833 bits per heavy atom. The lowest BCUT2D eigenvalue weighted by molar-refractivity contribution is -0.0556. The molecule has 0 aliphatic carbocycles. The molecular weight excluding hydrogens is 544 g/mol. The molecule has 1 fully saturated rings. The molecule has 1 aliphatic heterocycles. The number of aromatic nitrogens is 2. The molecule has 3 aromatic carbocycles. The molecule has 2 heterocycles. The first-order valence-electron chi connectivity index (χ1n) is 13.3. The second-order valence-electron chi connectivity index (χ2n) is 9.84. The minimum Gasteiger partial charge on any atom is -0.497 e. The van der Waals surface area contributed by atoms with Crippen LogP contribution in [-0.4, -0.2) is 64.0 Å². The topological polar surface area (TPSA) is 152 Å². The number of hydrogen-bond donors (Lipinski definition) is 4. The summed E-state index contributed by atoms with van der Waals surface area (Å²) in [5.74, 6) is 1.30. The third kappa shape index (κ3) is 5.36. The first-order valence-corrected chi connectivity index (χ1v) is 13.3. The molecule has 4 aromatic rings. The molecule has 42 heavy (non-hydrogen) atoms. The van der Waals surface area contributed by atoms with Gasteiger partial charge in [0.25, 0.3) is 5.56 Å². The third-order valence-electron chi connectivity index (χ3n) is 7.45. The molecule has 0 amide bonds. The number of aromatic amines is 1. The largest absolute Gasteiger partial charge is 0.497 e. The summed E-state index contributed by atoms with van der Waals surface area (Å²) >= 11 is 0. The number of nitrogens with one attached hydrogen (secondary N) is 1. The molecule has 1 saturated heterocycles. The van der Waals surface area contributed by atoms with Gasteiger partial charge in [-0.1, -0.05) is 54.6 Å². The molecule has 11 nitrogen and oxygen atoms in total. The van der Waals surface area contributed by atoms with Crippen LogP contribution in [0.15, 0.2) is 94.6 Å². The third-order valence-corrected chi connectivity index (χ3v) is 7.45. The van der Waals surface area contributed by atoms with E-state index in [1.54, 1.807) is 14.2 Å². The highest BCUT2D eigenvalue weighted by molar-refractivity contribution is 5.49. The monoisotopic (exact) mass is 576 g/mol. The summed E-state index contributed by atoms with van der Waals surface area (Å²) in [6, 6.07) is 24.2. The quantitative estimate of drug-likeness (QED) is 0.207. The van der Waals surface area contributed by atoms with E-state index in [1.165, 1.54) is 6.20 Å². The van der Waals surface area contributed by atoms with Crippen LogP contribution in [0.25, 0.3) is 0 Å². The Morgan fingerprint density at radius 2 is 1.38 bits per heavy atom. The number of rotatable bonds is 10. The lowest BCUT2D eigenvalue weighted by Crippen LogP contribution is -2.39. The fourth-order valence-electron chi connectivity index (χ4n) is 5.19. The zero-order valence-corrected chi connectivity index (χ0v) is 23.0. The van der Waals surface area contributed by atoms with E-state index in [-0.39, 0.29) is 12.2 Å². The lowest BCUT2D eigenvalue weighted by Gasteiger charge is -2.36. The van der Waals surface area contributed by atoms with Crippen molar-refractivity contribution in [3.63, 3.8) is 0 Å². The maximum absolute atomic E-state index is 13.0. The van der Waals surface area contributed by atoms with Crippen LogP contribution >= 0.6 is 0 Å². The van der Waals surface area contributed by atoms with Crippen molar-refractivity contribution in [2.75, 3.05) is 20.8 Å². The van der Waals surface area contributed by atoms with Crippen molar-refractivity contribution in [3.8, 4) is 11.5 Å². The normalized spacial score (nSPS) is 20.4. The van der Waals surface area contributed by atoms with Gasteiger partial charge >= 0.3 is 5.69 Å². The molecule has 1 aromatic heterocycles. The summed E-state index contributed by atoms with van der Waals surface area (Å²) < 4.78 is 24.0. The second-order valence-corrected chi connectivity index (χ2v) is 9.84. The summed E-state index contributed by atoms with van der Waals surface area (Å²) in [5.41, 5.74) is -0.439. The number of aliphatic hydroxyl groups excluding tert-OH is 3. The first kappa shape index (κ1) is 29.2. The van der Waals surface area contributed by atoms with Crippen molar-refractivity contribution in [2.24, 2.45) is 0 Å². The van der Waals surface area contributed by atoms with E-state index in [0.29, 0.717) is 11.5 Å². The van der Waals surface area contributed by atoms with Crippen molar-refractivity contribution in [3.05, 3.63) is 128 Å². The molecule has 0 saturated carbocycles.